The van der Waals surface area contributed by atoms with E-state index in [-0.39, 0.29) is 25.9 Å². The zero-order valence-electron chi connectivity index (χ0n) is 13.0. The van der Waals surface area contributed by atoms with E-state index in [0.717, 1.165) is 22.6 Å². The number of pyridine rings is 2. The largest absolute Gasteiger partial charge is 0.449 e. The van der Waals surface area contributed by atoms with Crippen LogP contribution < -0.4 is 4.98 Å². The van der Waals surface area contributed by atoms with Crippen LogP contribution in [-0.2, 0) is 20.1 Å². The van der Waals surface area contributed by atoms with Gasteiger partial charge in [0.05, 0.1) is 5.69 Å². The van der Waals surface area contributed by atoms with Crippen molar-refractivity contribution in [2.45, 2.75) is 0 Å². The van der Waals surface area contributed by atoms with Gasteiger partial charge in [0.1, 0.15) is 0 Å². The molecule has 25 heavy (non-hydrogen) atoms. The summed E-state index contributed by atoms with van der Waals surface area (Å²) in [4.78, 5) is 16.1. The van der Waals surface area contributed by atoms with Crippen LogP contribution in [0.1, 0.15) is 0 Å². The van der Waals surface area contributed by atoms with Crippen molar-refractivity contribution in [2.24, 2.45) is 0 Å². The van der Waals surface area contributed by atoms with Crippen LogP contribution in [0.25, 0.3) is 22.6 Å². The first-order valence-electron chi connectivity index (χ1n) is 7.25. The Balaban J connectivity index is 0.000000175. The van der Waals surface area contributed by atoms with Crippen molar-refractivity contribution in [1.82, 2.24) is 19.9 Å². The van der Waals surface area contributed by atoms with Gasteiger partial charge >= 0.3 is 0 Å². The number of rotatable bonds is 2. The molecule has 1 aromatic carbocycles. The molecule has 0 saturated carbocycles. The van der Waals surface area contributed by atoms with E-state index < -0.39 is 0 Å². The molecular weight excluding hydrogens is 495 g/mol. The second-order valence-corrected chi connectivity index (χ2v) is 4.76. The van der Waals surface area contributed by atoms with Gasteiger partial charge in [-0.2, -0.15) is 0 Å². The third-order valence-corrected chi connectivity index (χ3v) is 3.10. The zero-order chi connectivity index (χ0) is 16.6. The third-order valence-electron chi connectivity index (χ3n) is 3.10. The van der Waals surface area contributed by atoms with Crippen LogP contribution in [0, 0.1) is 11.9 Å². The molecule has 3 aromatic heterocycles. The summed E-state index contributed by atoms with van der Waals surface area (Å²) in [5.41, 5.74) is 3.31. The normalized spacial score (nSPS) is 9.48. The first-order valence-corrected chi connectivity index (χ1v) is 7.25. The SMILES string of the molecule is Fc1c[c-]c(-c2ccccn2)cc1.[Ir].c1ccc(-c2cnc[n-]2)nc1. The second-order valence-electron chi connectivity index (χ2n) is 4.76. The van der Waals surface area contributed by atoms with E-state index in [4.69, 9.17) is 0 Å². The van der Waals surface area contributed by atoms with E-state index in [1.165, 1.54) is 18.5 Å². The molecule has 0 saturated heterocycles. The summed E-state index contributed by atoms with van der Waals surface area (Å²) in [7, 11) is 0. The van der Waals surface area contributed by atoms with Gasteiger partial charge in [-0.25, -0.2) is 0 Å². The van der Waals surface area contributed by atoms with Crippen LogP contribution in [0.4, 0.5) is 4.39 Å². The monoisotopic (exact) mass is 509 g/mol. The van der Waals surface area contributed by atoms with Crippen molar-refractivity contribution < 1.29 is 24.5 Å². The van der Waals surface area contributed by atoms with Gasteiger partial charge in [0.25, 0.3) is 0 Å². The van der Waals surface area contributed by atoms with Crippen LogP contribution in [0.3, 0.4) is 0 Å². The first kappa shape index (κ1) is 18.6. The maximum Gasteiger partial charge on any atom is 0.0657 e. The molecule has 0 aliphatic carbocycles. The van der Waals surface area contributed by atoms with Crippen molar-refractivity contribution in [3.8, 4) is 22.6 Å². The predicted octanol–water partition coefficient (Wildman–Crippen LogP) is 3.79. The van der Waals surface area contributed by atoms with Gasteiger partial charge in [-0.1, -0.05) is 30.7 Å². The van der Waals surface area contributed by atoms with Gasteiger partial charge in [0, 0.05) is 38.3 Å². The molecule has 0 bridgehead atoms. The van der Waals surface area contributed by atoms with Crippen molar-refractivity contribution in [3.05, 3.63) is 91.4 Å². The van der Waals surface area contributed by atoms with Crippen LogP contribution in [0.2, 0.25) is 0 Å². The van der Waals surface area contributed by atoms with E-state index in [1.54, 1.807) is 24.7 Å². The Labute approximate surface area is 158 Å². The van der Waals surface area contributed by atoms with Crippen LogP contribution in [-0.4, -0.2) is 15.0 Å². The Kier molecular flexibility index (Phi) is 7.14. The Hall–Kier alpha value is -2.69. The van der Waals surface area contributed by atoms with E-state index in [0.29, 0.717) is 0 Å². The third kappa shape index (κ3) is 5.41. The molecule has 0 spiro atoms. The molecule has 6 heteroatoms. The van der Waals surface area contributed by atoms with Crippen LogP contribution >= 0.6 is 0 Å². The van der Waals surface area contributed by atoms with E-state index in [1.807, 2.05) is 36.4 Å². The average Bonchev–Trinajstić information content (AvgIpc) is 3.19. The maximum atomic E-state index is 12.6. The quantitative estimate of drug-likeness (QED) is 0.387. The minimum atomic E-state index is -0.278. The number of halogens is 1. The summed E-state index contributed by atoms with van der Waals surface area (Å²) >= 11 is 0. The Morgan fingerprint density at radius 1 is 0.880 bits per heavy atom. The summed E-state index contributed by atoms with van der Waals surface area (Å²) in [5, 5.41) is 0. The second kappa shape index (κ2) is 9.57. The van der Waals surface area contributed by atoms with Gasteiger partial charge in [0.15, 0.2) is 0 Å². The summed E-state index contributed by atoms with van der Waals surface area (Å²) < 4.78 is 12.6. The fraction of sp³-hybridized carbons (Fsp3) is 0. The molecule has 1 radical (unpaired) electrons. The fourth-order valence-corrected chi connectivity index (χ4v) is 1.97. The molecule has 4 aromatic rings. The summed E-state index contributed by atoms with van der Waals surface area (Å²) in [6, 6.07) is 18.5. The molecular formula is C19H13FIrN4-2. The molecule has 0 unspecified atom stereocenters. The van der Waals surface area contributed by atoms with Gasteiger partial charge < -0.3 is 15.0 Å². The summed E-state index contributed by atoms with van der Waals surface area (Å²) in [6.45, 7) is 0. The Morgan fingerprint density at radius 2 is 1.60 bits per heavy atom. The molecule has 4 nitrogen and oxygen atoms in total. The molecule has 127 valence electrons. The smallest absolute Gasteiger partial charge is 0.0657 e. The zero-order valence-corrected chi connectivity index (χ0v) is 15.4. The van der Waals surface area contributed by atoms with Gasteiger partial charge in [-0.15, -0.1) is 29.8 Å². The molecule has 0 aliphatic rings. The molecule has 3 heterocycles. The first-order chi connectivity index (χ1) is 11.8. The number of benzene rings is 1. The van der Waals surface area contributed by atoms with Gasteiger partial charge in [0.2, 0.25) is 0 Å². The molecule has 0 N–H and O–H groups in total. The Morgan fingerprint density at radius 3 is 2.12 bits per heavy atom. The van der Waals surface area contributed by atoms with Crippen molar-refractivity contribution in [2.75, 3.05) is 0 Å². The molecule has 0 aliphatic heterocycles. The number of imidazole rings is 1. The van der Waals surface area contributed by atoms with E-state index in [2.05, 4.69) is 26.0 Å². The molecule has 0 amide bonds. The van der Waals surface area contributed by atoms with Crippen molar-refractivity contribution in [1.29, 1.82) is 0 Å². The predicted molar refractivity (Wildman–Crippen MR) is 89.3 cm³/mol. The minimum Gasteiger partial charge on any atom is -0.449 e. The van der Waals surface area contributed by atoms with Crippen molar-refractivity contribution >= 4 is 0 Å². The van der Waals surface area contributed by atoms with Gasteiger partial charge in [-0.3, -0.25) is 9.37 Å². The number of hydrogen-bond acceptors (Lipinski definition) is 3. The average molecular weight is 509 g/mol. The topological polar surface area (TPSA) is 52.8 Å². The van der Waals surface area contributed by atoms with Crippen LogP contribution in [0.15, 0.2) is 79.5 Å². The number of aromatic nitrogens is 4. The number of hydrogen-bond donors (Lipinski definition) is 0. The molecule has 0 atom stereocenters. The molecule has 0 fully saturated rings. The fourth-order valence-electron chi connectivity index (χ4n) is 1.97. The summed E-state index contributed by atoms with van der Waals surface area (Å²) in [6.07, 6.45) is 6.66. The number of nitrogens with zero attached hydrogens (tertiary/aromatic N) is 4. The van der Waals surface area contributed by atoms with Crippen LogP contribution in [0.5, 0.6) is 0 Å². The minimum absolute atomic E-state index is 0. The van der Waals surface area contributed by atoms with Gasteiger partial charge in [-0.05, 0) is 29.6 Å². The van der Waals surface area contributed by atoms with Crippen molar-refractivity contribution in [3.63, 3.8) is 0 Å². The molecule has 4 rings (SSSR count). The summed E-state index contributed by atoms with van der Waals surface area (Å²) in [5.74, 6) is -0.278. The van der Waals surface area contributed by atoms with E-state index in [9.17, 15) is 4.39 Å². The standard InChI is InChI=1S/C11H7FN.C8H6N3.Ir/c12-10-6-4-9(5-7-10)11-3-1-2-8-13-11;1-2-4-10-7(3-1)8-5-9-6-11-8;/h1-4,6-8H;1-6H;/q2*-1;. The van der Waals surface area contributed by atoms with E-state index >= 15 is 0 Å². The Bertz CT molecular complexity index is 851. The maximum absolute atomic E-state index is 12.6.